The molecule has 1 aromatic heterocycles. The highest BCUT2D eigenvalue weighted by atomic mass is 16.5. The molecular formula is C15H22N4O2. The number of benzene rings is 1. The Kier molecular flexibility index (Phi) is 5.30. The van der Waals surface area contributed by atoms with Crippen molar-refractivity contribution in [2.24, 2.45) is 5.73 Å². The van der Waals surface area contributed by atoms with Crippen LogP contribution in [0.15, 0.2) is 24.3 Å². The zero-order valence-electron chi connectivity index (χ0n) is 12.5. The number of methoxy groups -OCH3 is 1. The van der Waals surface area contributed by atoms with E-state index in [-0.39, 0.29) is 5.91 Å². The molecule has 2 aromatic rings. The number of fused-ring (bicyclic) bond motifs is 1. The molecule has 0 radical (unpaired) electrons. The minimum Gasteiger partial charge on any atom is -0.385 e. The number of imidazole rings is 1. The van der Waals surface area contributed by atoms with Gasteiger partial charge in [0.25, 0.3) is 0 Å². The summed E-state index contributed by atoms with van der Waals surface area (Å²) < 4.78 is 7.01. The zero-order chi connectivity index (χ0) is 15.2. The Balaban J connectivity index is 1.90. The highest BCUT2D eigenvalue weighted by molar-refractivity contribution is 5.81. The Bertz CT molecular complexity index is 609. The molecule has 0 aliphatic rings. The summed E-state index contributed by atoms with van der Waals surface area (Å²) in [6.07, 6.45) is 0.523. The third kappa shape index (κ3) is 3.80. The van der Waals surface area contributed by atoms with E-state index in [1.54, 1.807) is 7.11 Å². The maximum Gasteiger partial charge on any atom is 0.237 e. The van der Waals surface area contributed by atoms with Gasteiger partial charge in [-0.3, -0.25) is 4.79 Å². The molecule has 6 nitrogen and oxygen atoms in total. The summed E-state index contributed by atoms with van der Waals surface area (Å²) in [5, 5.41) is 2.85. The van der Waals surface area contributed by atoms with E-state index >= 15 is 0 Å². The Labute approximate surface area is 124 Å². The summed E-state index contributed by atoms with van der Waals surface area (Å²) in [6, 6.07) is 7.44. The fraction of sp³-hybridized carbons (Fsp3) is 0.467. The van der Waals surface area contributed by atoms with E-state index in [2.05, 4.69) is 14.9 Å². The van der Waals surface area contributed by atoms with E-state index in [0.717, 1.165) is 16.9 Å². The first-order chi connectivity index (χ1) is 10.1. The van der Waals surface area contributed by atoms with Crippen LogP contribution in [0.3, 0.4) is 0 Å². The Hall–Kier alpha value is -1.92. The summed E-state index contributed by atoms with van der Waals surface area (Å²) in [5.74, 6) is 0.795. The lowest BCUT2D eigenvalue weighted by Gasteiger charge is -2.12. The van der Waals surface area contributed by atoms with Gasteiger partial charge in [0.2, 0.25) is 5.91 Å². The fourth-order valence-electron chi connectivity index (χ4n) is 2.28. The normalized spacial score (nSPS) is 12.5. The van der Waals surface area contributed by atoms with Crippen molar-refractivity contribution in [3.8, 4) is 0 Å². The van der Waals surface area contributed by atoms with Crippen molar-refractivity contribution >= 4 is 16.9 Å². The SMILES string of the molecule is COCCC(N)C(=O)NCCn1c(C)nc2ccccc21. The highest BCUT2D eigenvalue weighted by Gasteiger charge is 2.13. The van der Waals surface area contributed by atoms with Gasteiger partial charge in [-0.2, -0.15) is 0 Å². The molecule has 1 unspecified atom stereocenters. The van der Waals surface area contributed by atoms with Crippen LogP contribution in [-0.2, 0) is 16.1 Å². The lowest BCUT2D eigenvalue weighted by Crippen LogP contribution is -2.42. The number of nitrogens with zero attached hydrogens (tertiary/aromatic N) is 2. The topological polar surface area (TPSA) is 82.2 Å². The Morgan fingerprint density at radius 1 is 1.48 bits per heavy atom. The maximum absolute atomic E-state index is 11.8. The van der Waals surface area contributed by atoms with Crippen LogP contribution in [-0.4, -0.2) is 41.8 Å². The van der Waals surface area contributed by atoms with Gasteiger partial charge in [-0.25, -0.2) is 4.98 Å². The number of aromatic nitrogens is 2. The molecule has 0 bridgehead atoms. The zero-order valence-corrected chi connectivity index (χ0v) is 12.5. The second kappa shape index (κ2) is 7.19. The van der Waals surface area contributed by atoms with Gasteiger partial charge >= 0.3 is 0 Å². The first-order valence-electron chi connectivity index (χ1n) is 7.07. The fourth-order valence-corrected chi connectivity index (χ4v) is 2.28. The van der Waals surface area contributed by atoms with Gasteiger partial charge in [-0.1, -0.05) is 12.1 Å². The van der Waals surface area contributed by atoms with Crippen LogP contribution in [0, 0.1) is 6.92 Å². The molecular weight excluding hydrogens is 268 g/mol. The lowest BCUT2D eigenvalue weighted by molar-refractivity contribution is -0.122. The minimum atomic E-state index is -0.523. The van der Waals surface area contributed by atoms with Crippen molar-refractivity contribution in [1.82, 2.24) is 14.9 Å². The molecule has 0 fully saturated rings. The second-order valence-electron chi connectivity index (χ2n) is 4.98. The molecule has 2 rings (SSSR count). The van der Waals surface area contributed by atoms with E-state index in [1.165, 1.54) is 0 Å². The van der Waals surface area contributed by atoms with Crippen molar-refractivity contribution in [2.45, 2.75) is 25.9 Å². The van der Waals surface area contributed by atoms with Gasteiger partial charge in [0.05, 0.1) is 17.1 Å². The van der Waals surface area contributed by atoms with Crippen LogP contribution in [0.2, 0.25) is 0 Å². The molecule has 21 heavy (non-hydrogen) atoms. The molecule has 1 aromatic carbocycles. The van der Waals surface area contributed by atoms with E-state index < -0.39 is 6.04 Å². The maximum atomic E-state index is 11.8. The highest BCUT2D eigenvalue weighted by Crippen LogP contribution is 2.14. The first-order valence-corrected chi connectivity index (χ1v) is 7.07. The average Bonchev–Trinajstić information content (AvgIpc) is 2.80. The van der Waals surface area contributed by atoms with Crippen molar-refractivity contribution in [1.29, 1.82) is 0 Å². The van der Waals surface area contributed by atoms with E-state index in [0.29, 0.717) is 26.1 Å². The molecule has 0 saturated heterocycles. The third-order valence-electron chi connectivity index (χ3n) is 3.45. The minimum absolute atomic E-state index is 0.144. The molecule has 0 spiro atoms. The van der Waals surface area contributed by atoms with E-state index in [9.17, 15) is 4.79 Å². The standard InChI is InChI=1S/C15H22N4O2/c1-11-18-13-5-3-4-6-14(13)19(11)9-8-17-15(20)12(16)7-10-21-2/h3-6,12H,7-10,16H2,1-2H3,(H,17,20). The number of carbonyl (C=O) groups is 1. The van der Waals surface area contributed by atoms with Crippen LogP contribution >= 0.6 is 0 Å². The smallest absolute Gasteiger partial charge is 0.237 e. The van der Waals surface area contributed by atoms with Crippen LogP contribution in [0.25, 0.3) is 11.0 Å². The first kappa shape index (κ1) is 15.5. The summed E-state index contributed by atoms with van der Waals surface area (Å²) in [7, 11) is 1.59. The lowest BCUT2D eigenvalue weighted by atomic mass is 10.2. The van der Waals surface area contributed by atoms with E-state index in [1.807, 2.05) is 31.2 Å². The predicted octanol–water partition coefficient (Wildman–Crippen LogP) is 0.825. The number of hydrogen-bond donors (Lipinski definition) is 2. The molecule has 3 N–H and O–H groups in total. The monoisotopic (exact) mass is 290 g/mol. The van der Waals surface area contributed by atoms with E-state index in [4.69, 9.17) is 10.5 Å². The third-order valence-corrected chi connectivity index (χ3v) is 3.45. The van der Waals surface area contributed by atoms with Crippen molar-refractivity contribution < 1.29 is 9.53 Å². The van der Waals surface area contributed by atoms with Crippen LogP contribution in [0.4, 0.5) is 0 Å². The molecule has 6 heteroatoms. The van der Waals surface area contributed by atoms with Gasteiger partial charge in [0.1, 0.15) is 5.82 Å². The molecule has 0 aliphatic heterocycles. The predicted molar refractivity (Wildman–Crippen MR) is 81.9 cm³/mol. The van der Waals surface area contributed by atoms with Gasteiger partial charge < -0.3 is 20.4 Å². The van der Waals surface area contributed by atoms with Gasteiger partial charge in [-0.05, 0) is 25.5 Å². The number of nitrogens with two attached hydrogens (primary N) is 1. The Morgan fingerprint density at radius 2 is 2.24 bits per heavy atom. The molecule has 1 heterocycles. The van der Waals surface area contributed by atoms with Crippen LogP contribution in [0.1, 0.15) is 12.2 Å². The average molecular weight is 290 g/mol. The molecule has 0 aliphatic carbocycles. The number of amides is 1. The van der Waals surface area contributed by atoms with Gasteiger partial charge in [0.15, 0.2) is 0 Å². The molecule has 114 valence electrons. The summed E-state index contributed by atoms with van der Waals surface area (Å²) in [5.41, 5.74) is 7.82. The van der Waals surface area contributed by atoms with Gasteiger partial charge in [0, 0.05) is 26.8 Å². The number of para-hydroxylation sites is 2. The number of hydrogen-bond acceptors (Lipinski definition) is 4. The molecule has 1 amide bonds. The number of rotatable bonds is 7. The summed E-state index contributed by atoms with van der Waals surface area (Å²) in [4.78, 5) is 16.3. The van der Waals surface area contributed by atoms with Gasteiger partial charge in [-0.15, -0.1) is 0 Å². The molecule has 0 saturated carbocycles. The van der Waals surface area contributed by atoms with Crippen molar-refractivity contribution in [3.63, 3.8) is 0 Å². The van der Waals surface area contributed by atoms with Crippen LogP contribution in [0.5, 0.6) is 0 Å². The number of carbonyl (C=O) groups excluding carboxylic acids is 1. The van der Waals surface area contributed by atoms with Crippen LogP contribution < -0.4 is 11.1 Å². The Morgan fingerprint density at radius 3 is 3.00 bits per heavy atom. The van der Waals surface area contributed by atoms with Crippen molar-refractivity contribution in [3.05, 3.63) is 30.1 Å². The largest absolute Gasteiger partial charge is 0.385 e. The number of aryl methyl sites for hydroxylation is 1. The summed E-state index contributed by atoms with van der Waals surface area (Å²) in [6.45, 7) is 3.65. The second-order valence-corrected chi connectivity index (χ2v) is 4.98. The number of nitrogens with one attached hydrogen (secondary N) is 1. The number of ether oxygens (including phenoxy) is 1. The summed E-state index contributed by atoms with van der Waals surface area (Å²) >= 11 is 0. The molecule has 1 atom stereocenters. The van der Waals surface area contributed by atoms with Crippen molar-refractivity contribution in [2.75, 3.05) is 20.3 Å². The quantitative estimate of drug-likeness (QED) is 0.791.